The van der Waals surface area contributed by atoms with Gasteiger partial charge in [-0.25, -0.2) is 10.5 Å². The van der Waals surface area contributed by atoms with Crippen LogP contribution in [-0.4, -0.2) is 49.2 Å². The Morgan fingerprint density at radius 2 is 1.65 bits per heavy atom. The molecule has 0 saturated carbocycles. The number of carbonyl (C=O) groups is 2. The minimum atomic E-state index is -0.571. The first-order valence-electron chi connectivity index (χ1n) is 15.4. The van der Waals surface area contributed by atoms with Crippen molar-refractivity contribution in [3.63, 3.8) is 0 Å². The minimum Gasteiger partial charge on any atom is -0.392 e. The van der Waals surface area contributed by atoms with Crippen LogP contribution in [0.4, 0.5) is 0 Å². The SMILES string of the molecule is O=C(CCCCCC(=O)NCc1ccccc1-c1ccc(C2OC(CSc3ncn[nH]3)CC(c3ccc(CO)cc3)O2)cc1)NO. The summed E-state index contributed by atoms with van der Waals surface area (Å²) < 4.78 is 12.9. The van der Waals surface area contributed by atoms with Crippen molar-refractivity contribution in [3.05, 3.63) is 101 Å². The number of aromatic nitrogens is 3. The summed E-state index contributed by atoms with van der Waals surface area (Å²) in [6, 6.07) is 23.9. The number of hydrogen-bond donors (Lipinski definition) is 5. The molecule has 3 unspecified atom stereocenters. The molecule has 2 amide bonds. The zero-order valence-electron chi connectivity index (χ0n) is 25.4. The Hall–Kier alpha value is -4.07. The van der Waals surface area contributed by atoms with Crippen LogP contribution in [0.25, 0.3) is 11.1 Å². The molecule has 1 fully saturated rings. The zero-order valence-corrected chi connectivity index (χ0v) is 26.2. The van der Waals surface area contributed by atoms with E-state index in [0.29, 0.717) is 38.0 Å². The molecule has 0 spiro atoms. The van der Waals surface area contributed by atoms with E-state index < -0.39 is 12.2 Å². The van der Waals surface area contributed by atoms with Crippen LogP contribution >= 0.6 is 11.8 Å². The molecule has 1 aliphatic heterocycles. The first-order chi connectivity index (χ1) is 22.5. The van der Waals surface area contributed by atoms with Crippen LogP contribution in [0.2, 0.25) is 0 Å². The lowest BCUT2D eigenvalue weighted by atomic mass is 9.97. The quantitative estimate of drug-likeness (QED) is 0.0496. The standard InChI is InChI=1S/C34H39N5O6S/c40-20-23-10-12-25(13-11-23)30-18-28(21-46-34-36-22-37-38-34)44-33(45-30)26-16-14-24(15-17-26)29-7-5-4-6-27(29)19-35-31(41)8-2-1-3-9-32(42)39-43/h4-7,10-17,22,28,30,33,40,43H,1-3,8-9,18-21H2,(H,35,41)(H,39,42)(H,36,37,38). The van der Waals surface area contributed by atoms with Crippen LogP contribution in [0.1, 0.15) is 73.2 Å². The molecule has 11 nitrogen and oxygen atoms in total. The summed E-state index contributed by atoms with van der Waals surface area (Å²) in [5.41, 5.74) is 7.44. The highest BCUT2D eigenvalue weighted by atomic mass is 32.2. The Bertz CT molecular complexity index is 1530. The average Bonchev–Trinajstić information content (AvgIpc) is 3.63. The summed E-state index contributed by atoms with van der Waals surface area (Å²) in [5, 5.41) is 28.6. The fourth-order valence-electron chi connectivity index (χ4n) is 5.32. The van der Waals surface area contributed by atoms with E-state index in [0.717, 1.165) is 45.0 Å². The summed E-state index contributed by atoms with van der Waals surface area (Å²) in [6.07, 6.45) is 3.96. The highest BCUT2D eigenvalue weighted by Crippen LogP contribution is 2.39. The summed E-state index contributed by atoms with van der Waals surface area (Å²) in [5.74, 6) is 0.225. The van der Waals surface area contributed by atoms with Crippen LogP contribution in [0.15, 0.2) is 84.3 Å². The smallest absolute Gasteiger partial charge is 0.243 e. The van der Waals surface area contributed by atoms with Gasteiger partial charge in [-0.3, -0.25) is 19.9 Å². The van der Waals surface area contributed by atoms with E-state index in [1.807, 2.05) is 72.8 Å². The predicted octanol–water partition coefficient (Wildman–Crippen LogP) is 5.37. The minimum absolute atomic E-state index is 0.00904. The Balaban J connectivity index is 1.22. The lowest BCUT2D eigenvalue weighted by Crippen LogP contribution is -2.31. The molecule has 0 aliphatic carbocycles. The van der Waals surface area contributed by atoms with Crippen molar-refractivity contribution in [2.24, 2.45) is 0 Å². The van der Waals surface area contributed by atoms with Gasteiger partial charge in [-0.05, 0) is 40.7 Å². The number of benzene rings is 3. The number of hydroxylamine groups is 1. The molecule has 0 bridgehead atoms. The number of amides is 2. The first-order valence-corrected chi connectivity index (χ1v) is 16.4. The lowest BCUT2D eigenvalue weighted by molar-refractivity contribution is -0.245. The maximum Gasteiger partial charge on any atom is 0.243 e. The molecule has 2 heterocycles. The number of nitrogens with zero attached hydrogens (tertiary/aromatic N) is 2. The number of H-pyrrole nitrogens is 1. The highest BCUT2D eigenvalue weighted by molar-refractivity contribution is 7.99. The number of hydrogen-bond acceptors (Lipinski definition) is 9. The van der Waals surface area contributed by atoms with Crippen LogP contribution < -0.4 is 10.8 Å². The zero-order chi connectivity index (χ0) is 32.1. The Morgan fingerprint density at radius 1 is 0.913 bits per heavy atom. The topological polar surface area (TPSA) is 159 Å². The van der Waals surface area contributed by atoms with Crippen LogP contribution in [-0.2, 0) is 32.2 Å². The van der Waals surface area contributed by atoms with Crippen LogP contribution in [0.5, 0.6) is 0 Å². The van der Waals surface area contributed by atoms with Crippen molar-refractivity contribution in [1.29, 1.82) is 0 Å². The van der Waals surface area contributed by atoms with E-state index in [1.54, 1.807) is 17.2 Å². The molecular weight excluding hydrogens is 606 g/mol. The van der Waals surface area contributed by atoms with Crippen LogP contribution in [0, 0.1) is 0 Å². The third kappa shape index (κ3) is 9.47. The van der Waals surface area contributed by atoms with Gasteiger partial charge in [0.15, 0.2) is 11.4 Å². The molecule has 3 aromatic carbocycles. The van der Waals surface area contributed by atoms with Gasteiger partial charge in [0.05, 0.1) is 18.8 Å². The Kier molecular flexibility index (Phi) is 12.3. The van der Waals surface area contributed by atoms with Crippen molar-refractivity contribution in [2.75, 3.05) is 5.75 Å². The molecule has 1 aromatic heterocycles. The van der Waals surface area contributed by atoms with Crippen LogP contribution in [0.3, 0.4) is 0 Å². The number of aromatic amines is 1. The van der Waals surface area contributed by atoms with Gasteiger partial charge < -0.3 is 19.9 Å². The van der Waals surface area contributed by atoms with E-state index in [4.69, 9.17) is 14.7 Å². The second-order valence-corrected chi connectivity index (χ2v) is 12.1. The summed E-state index contributed by atoms with van der Waals surface area (Å²) in [4.78, 5) is 27.8. The number of thioether (sulfide) groups is 1. The molecular formula is C34H39N5O6S. The summed E-state index contributed by atoms with van der Waals surface area (Å²) >= 11 is 1.55. The number of aliphatic hydroxyl groups excluding tert-OH is 1. The molecule has 3 atom stereocenters. The molecule has 0 radical (unpaired) electrons. The molecule has 5 rings (SSSR count). The molecule has 12 heteroatoms. The second kappa shape index (κ2) is 17.0. The fourth-order valence-corrected chi connectivity index (χ4v) is 6.12. The number of nitrogens with one attached hydrogen (secondary N) is 3. The molecule has 1 aliphatic rings. The maximum absolute atomic E-state index is 12.5. The molecule has 4 aromatic rings. The van der Waals surface area contributed by atoms with Gasteiger partial charge in [0.25, 0.3) is 0 Å². The van der Waals surface area contributed by atoms with Gasteiger partial charge in [0.2, 0.25) is 11.8 Å². The lowest BCUT2D eigenvalue weighted by Gasteiger charge is -2.36. The largest absolute Gasteiger partial charge is 0.392 e. The molecule has 46 heavy (non-hydrogen) atoms. The van der Waals surface area contributed by atoms with E-state index in [9.17, 15) is 14.7 Å². The van der Waals surface area contributed by atoms with Crippen molar-refractivity contribution < 1.29 is 29.4 Å². The molecule has 1 saturated heterocycles. The van der Waals surface area contributed by atoms with E-state index in [1.165, 1.54) is 6.33 Å². The number of ether oxygens (including phenoxy) is 2. The number of carbonyl (C=O) groups excluding carboxylic acids is 2. The van der Waals surface area contributed by atoms with Gasteiger partial charge in [-0.15, -0.1) is 0 Å². The number of rotatable bonds is 15. The highest BCUT2D eigenvalue weighted by Gasteiger charge is 2.32. The summed E-state index contributed by atoms with van der Waals surface area (Å²) in [7, 11) is 0. The number of unbranched alkanes of at least 4 members (excludes halogenated alkanes) is 2. The second-order valence-electron chi connectivity index (χ2n) is 11.1. The van der Waals surface area contributed by atoms with Gasteiger partial charge in [-0.1, -0.05) is 91.0 Å². The normalized spacial score (nSPS) is 17.8. The monoisotopic (exact) mass is 645 g/mol. The third-order valence-corrected chi connectivity index (χ3v) is 8.84. The average molecular weight is 646 g/mol. The fraction of sp³-hybridized carbons (Fsp3) is 0.353. The van der Waals surface area contributed by atoms with Gasteiger partial charge in [0.1, 0.15) is 6.33 Å². The summed E-state index contributed by atoms with van der Waals surface area (Å²) in [6.45, 7) is 0.394. The maximum atomic E-state index is 12.5. The van der Waals surface area contributed by atoms with E-state index in [-0.39, 0.29) is 31.1 Å². The van der Waals surface area contributed by atoms with Gasteiger partial charge >= 0.3 is 0 Å². The van der Waals surface area contributed by atoms with Gasteiger partial charge in [-0.2, -0.15) is 5.10 Å². The third-order valence-electron chi connectivity index (χ3n) is 7.83. The van der Waals surface area contributed by atoms with E-state index >= 15 is 0 Å². The Morgan fingerprint density at radius 3 is 2.37 bits per heavy atom. The number of aliphatic hydroxyl groups is 1. The van der Waals surface area contributed by atoms with Crippen molar-refractivity contribution in [1.82, 2.24) is 26.0 Å². The van der Waals surface area contributed by atoms with E-state index in [2.05, 4.69) is 20.5 Å². The predicted molar refractivity (Wildman–Crippen MR) is 172 cm³/mol. The Labute approximate surface area is 272 Å². The first kappa shape index (κ1) is 33.3. The van der Waals surface area contributed by atoms with Gasteiger partial charge in [0, 0.05) is 37.1 Å². The van der Waals surface area contributed by atoms with Crippen molar-refractivity contribution in [2.45, 2.75) is 75.3 Å². The molecule has 5 N–H and O–H groups in total. The van der Waals surface area contributed by atoms with Crippen molar-refractivity contribution >= 4 is 23.6 Å². The molecule has 242 valence electrons. The van der Waals surface area contributed by atoms with Crippen molar-refractivity contribution in [3.8, 4) is 11.1 Å².